The Balaban J connectivity index is 1.32. The van der Waals surface area contributed by atoms with Crippen LogP contribution in [0.2, 0.25) is 0 Å². The Kier molecular flexibility index (Phi) is 7.40. The number of hydrogen-bond acceptors (Lipinski definition) is 3. The minimum Gasteiger partial charge on any atom is -0.374 e. The predicted octanol–water partition coefficient (Wildman–Crippen LogP) is 4.93. The Hall–Kier alpha value is -3.18. The summed E-state index contributed by atoms with van der Waals surface area (Å²) in [7, 11) is 0. The molecule has 172 valence electrons. The number of carbonyl (C=O) groups is 2. The van der Waals surface area contributed by atoms with Gasteiger partial charge in [0.25, 0.3) is 5.91 Å². The van der Waals surface area contributed by atoms with E-state index in [2.05, 4.69) is 5.32 Å². The first-order chi connectivity index (χ1) is 16.0. The summed E-state index contributed by atoms with van der Waals surface area (Å²) in [5.74, 6) is 0.0391. The number of ether oxygens (including phenoxy) is 1. The molecule has 5 nitrogen and oxygen atoms in total. The fraction of sp³-hybridized carbons (Fsp3) is 0.357. The third-order valence-corrected chi connectivity index (χ3v) is 6.32. The standard InChI is InChI=1S/C28H32N2O3/c1-20(2)33-19-24-10-4-3-9-23(24)18-29-27(31)22-14-16-30(17-15-22)28(32)26-13-7-11-21-8-5-6-12-25(21)26/h3-13,20,22H,14-19H2,1-2H3,(H,29,31). The van der Waals surface area contributed by atoms with Crippen LogP contribution in [0.25, 0.3) is 10.8 Å². The molecule has 2 amide bonds. The van der Waals surface area contributed by atoms with Crippen molar-refractivity contribution in [2.45, 2.75) is 45.9 Å². The smallest absolute Gasteiger partial charge is 0.254 e. The number of fused-ring (bicyclic) bond motifs is 1. The highest BCUT2D eigenvalue weighted by molar-refractivity contribution is 6.07. The summed E-state index contributed by atoms with van der Waals surface area (Å²) in [5, 5.41) is 5.14. The number of hydrogen-bond donors (Lipinski definition) is 1. The lowest BCUT2D eigenvalue weighted by Crippen LogP contribution is -2.43. The van der Waals surface area contributed by atoms with Crippen LogP contribution in [0.15, 0.2) is 66.7 Å². The van der Waals surface area contributed by atoms with Gasteiger partial charge in [0.05, 0.1) is 12.7 Å². The summed E-state index contributed by atoms with van der Waals surface area (Å²) in [5.41, 5.74) is 2.91. The minimum absolute atomic E-state index is 0.0461. The molecule has 33 heavy (non-hydrogen) atoms. The Morgan fingerprint density at radius 1 is 0.939 bits per heavy atom. The molecule has 0 atom stereocenters. The molecule has 0 aliphatic carbocycles. The van der Waals surface area contributed by atoms with Crippen LogP contribution in [0, 0.1) is 5.92 Å². The molecular formula is C28H32N2O3. The Morgan fingerprint density at radius 3 is 2.36 bits per heavy atom. The lowest BCUT2D eigenvalue weighted by molar-refractivity contribution is -0.126. The van der Waals surface area contributed by atoms with E-state index in [4.69, 9.17) is 4.74 Å². The third kappa shape index (κ3) is 5.60. The van der Waals surface area contributed by atoms with Crippen molar-refractivity contribution in [1.29, 1.82) is 0 Å². The van der Waals surface area contributed by atoms with E-state index >= 15 is 0 Å². The number of rotatable bonds is 7. The van der Waals surface area contributed by atoms with Gasteiger partial charge in [-0.2, -0.15) is 0 Å². The quantitative estimate of drug-likeness (QED) is 0.562. The van der Waals surface area contributed by atoms with Crippen LogP contribution in [0.5, 0.6) is 0 Å². The van der Waals surface area contributed by atoms with E-state index in [-0.39, 0.29) is 23.8 Å². The van der Waals surface area contributed by atoms with Crippen LogP contribution in [0.1, 0.15) is 48.2 Å². The average molecular weight is 445 g/mol. The summed E-state index contributed by atoms with van der Waals surface area (Å²) in [6, 6.07) is 21.9. The second-order valence-corrected chi connectivity index (χ2v) is 8.94. The summed E-state index contributed by atoms with van der Waals surface area (Å²) in [6.45, 7) is 6.26. The number of piperidine rings is 1. The van der Waals surface area contributed by atoms with Gasteiger partial charge in [-0.15, -0.1) is 0 Å². The molecule has 3 aromatic rings. The van der Waals surface area contributed by atoms with Crippen molar-refractivity contribution < 1.29 is 14.3 Å². The van der Waals surface area contributed by atoms with Gasteiger partial charge in [-0.3, -0.25) is 9.59 Å². The zero-order valence-corrected chi connectivity index (χ0v) is 19.4. The maximum Gasteiger partial charge on any atom is 0.254 e. The van der Waals surface area contributed by atoms with Crippen LogP contribution in [0.3, 0.4) is 0 Å². The van der Waals surface area contributed by atoms with Crippen molar-refractivity contribution in [2.24, 2.45) is 5.92 Å². The SMILES string of the molecule is CC(C)OCc1ccccc1CNC(=O)C1CCN(C(=O)c2cccc3ccccc23)CC1. The monoisotopic (exact) mass is 444 g/mol. The maximum atomic E-state index is 13.2. The zero-order chi connectivity index (χ0) is 23.2. The van der Waals surface area contributed by atoms with E-state index in [0.717, 1.165) is 27.5 Å². The van der Waals surface area contributed by atoms with Gasteiger partial charge < -0.3 is 15.0 Å². The highest BCUT2D eigenvalue weighted by atomic mass is 16.5. The lowest BCUT2D eigenvalue weighted by Gasteiger charge is -2.31. The average Bonchev–Trinajstić information content (AvgIpc) is 2.85. The summed E-state index contributed by atoms with van der Waals surface area (Å²) in [6.07, 6.45) is 1.52. The molecule has 0 bridgehead atoms. The van der Waals surface area contributed by atoms with Crippen molar-refractivity contribution in [1.82, 2.24) is 10.2 Å². The van der Waals surface area contributed by atoms with Gasteiger partial charge in [0.15, 0.2) is 0 Å². The van der Waals surface area contributed by atoms with Crippen LogP contribution in [-0.2, 0) is 22.7 Å². The molecule has 1 aliphatic rings. The first-order valence-electron chi connectivity index (χ1n) is 11.8. The van der Waals surface area contributed by atoms with Crippen LogP contribution < -0.4 is 5.32 Å². The van der Waals surface area contributed by atoms with Crippen molar-refractivity contribution in [2.75, 3.05) is 13.1 Å². The summed E-state index contributed by atoms with van der Waals surface area (Å²) >= 11 is 0. The Labute approximate surface area is 195 Å². The van der Waals surface area contributed by atoms with Gasteiger partial charge >= 0.3 is 0 Å². The van der Waals surface area contributed by atoms with Gasteiger partial charge in [-0.1, -0.05) is 60.7 Å². The number of nitrogens with one attached hydrogen (secondary N) is 1. The van der Waals surface area contributed by atoms with Crippen molar-refractivity contribution in [3.63, 3.8) is 0 Å². The fourth-order valence-electron chi connectivity index (χ4n) is 4.38. The second-order valence-electron chi connectivity index (χ2n) is 8.94. The van der Waals surface area contributed by atoms with Crippen LogP contribution >= 0.6 is 0 Å². The molecule has 1 aliphatic heterocycles. The van der Waals surface area contributed by atoms with Gasteiger partial charge in [0.2, 0.25) is 5.91 Å². The maximum absolute atomic E-state index is 13.2. The second kappa shape index (κ2) is 10.6. The topological polar surface area (TPSA) is 58.6 Å². The van der Waals surface area contributed by atoms with E-state index in [0.29, 0.717) is 39.1 Å². The van der Waals surface area contributed by atoms with Gasteiger partial charge in [-0.25, -0.2) is 0 Å². The van der Waals surface area contributed by atoms with Gasteiger partial charge in [-0.05, 0) is 54.7 Å². The lowest BCUT2D eigenvalue weighted by atomic mass is 9.94. The molecule has 5 heteroatoms. The van der Waals surface area contributed by atoms with Crippen LogP contribution in [-0.4, -0.2) is 35.9 Å². The normalized spacial score (nSPS) is 14.6. The van der Waals surface area contributed by atoms with E-state index in [1.165, 1.54) is 0 Å². The number of benzene rings is 3. The van der Waals surface area contributed by atoms with Crippen molar-refractivity contribution in [3.05, 3.63) is 83.4 Å². The minimum atomic E-state index is -0.0688. The van der Waals surface area contributed by atoms with Crippen LogP contribution in [0.4, 0.5) is 0 Å². The molecule has 1 N–H and O–H groups in total. The molecule has 1 heterocycles. The summed E-state index contributed by atoms with van der Waals surface area (Å²) < 4.78 is 5.74. The molecule has 0 spiro atoms. The third-order valence-electron chi connectivity index (χ3n) is 6.32. The molecule has 3 aromatic carbocycles. The Bertz CT molecular complexity index is 1110. The van der Waals surface area contributed by atoms with E-state index in [1.54, 1.807) is 0 Å². The molecule has 0 saturated carbocycles. The number of nitrogens with zero attached hydrogens (tertiary/aromatic N) is 1. The predicted molar refractivity (Wildman–Crippen MR) is 131 cm³/mol. The molecule has 1 fully saturated rings. The van der Waals surface area contributed by atoms with E-state index < -0.39 is 0 Å². The van der Waals surface area contributed by atoms with E-state index in [1.807, 2.05) is 85.5 Å². The molecule has 0 unspecified atom stereocenters. The van der Waals surface area contributed by atoms with Gasteiger partial charge in [0, 0.05) is 31.1 Å². The van der Waals surface area contributed by atoms with Crippen molar-refractivity contribution in [3.8, 4) is 0 Å². The number of amides is 2. The molecule has 1 saturated heterocycles. The zero-order valence-electron chi connectivity index (χ0n) is 19.4. The number of carbonyl (C=O) groups excluding carboxylic acids is 2. The molecule has 4 rings (SSSR count). The van der Waals surface area contributed by atoms with Crippen molar-refractivity contribution >= 4 is 22.6 Å². The molecular weight excluding hydrogens is 412 g/mol. The Morgan fingerprint density at radius 2 is 1.61 bits per heavy atom. The first-order valence-corrected chi connectivity index (χ1v) is 11.8. The fourth-order valence-corrected chi connectivity index (χ4v) is 4.38. The largest absolute Gasteiger partial charge is 0.374 e. The highest BCUT2D eigenvalue weighted by Gasteiger charge is 2.28. The van der Waals surface area contributed by atoms with E-state index in [9.17, 15) is 9.59 Å². The molecule has 0 aromatic heterocycles. The molecule has 0 radical (unpaired) electrons. The summed E-state index contributed by atoms with van der Waals surface area (Å²) in [4.78, 5) is 27.9. The van der Waals surface area contributed by atoms with Gasteiger partial charge in [0.1, 0.15) is 0 Å². The highest BCUT2D eigenvalue weighted by Crippen LogP contribution is 2.24. The first kappa shape index (κ1) is 23.0. The number of likely N-dealkylation sites (tertiary alicyclic amines) is 1.